The van der Waals surface area contributed by atoms with Crippen molar-refractivity contribution in [3.8, 4) is 16.9 Å². The predicted octanol–water partition coefficient (Wildman–Crippen LogP) is 4.94. The fraction of sp³-hybridized carbons (Fsp3) is 0.227. The van der Waals surface area contributed by atoms with Crippen LogP contribution < -0.4 is 10.3 Å². The molecule has 0 saturated carbocycles. The van der Waals surface area contributed by atoms with E-state index < -0.39 is 17.6 Å². The van der Waals surface area contributed by atoms with Gasteiger partial charge in [-0.3, -0.25) is 0 Å². The van der Waals surface area contributed by atoms with E-state index in [2.05, 4.69) is 20.5 Å². The van der Waals surface area contributed by atoms with E-state index in [1.54, 1.807) is 4.90 Å². The molecule has 0 aliphatic carbocycles. The van der Waals surface area contributed by atoms with Gasteiger partial charge >= 0.3 is 6.18 Å². The lowest BCUT2D eigenvalue weighted by Gasteiger charge is -2.27. The molecule has 0 amide bonds. The third kappa shape index (κ3) is 5.37. The minimum absolute atomic E-state index is 0.0127. The molecule has 3 aromatic rings. The highest BCUT2D eigenvalue weighted by atomic mass is 35.5. The first kappa shape index (κ1) is 23.7. The Morgan fingerprint density at radius 3 is 2.65 bits per heavy atom. The standard InChI is InChI=1S/C22H18ClF4N5O2/c23-17-10-14(13-2-1-3-16(9-13)22(25,26)27)8-15(19(17)33)11-29-31-21-28-12-18(24)20(30-21)32-4-6-34-7-5-32/h1-3,8-12,33H,4-7H2,(H,28,30,31)/b29-11-. The van der Waals surface area contributed by atoms with Gasteiger partial charge in [0.05, 0.1) is 36.2 Å². The fourth-order valence-electron chi connectivity index (χ4n) is 3.33. The van der Waals surface area contributed by atoms with Gasteiger partial charge in [0, 0.05) is 18.7 Å². The second kappa shape index (κ2) is 9.82. The van der Waals surface area contributed by atoms with E-state index >= 15 is 0 Å². The highest BCUT2D eigenvalue weighted by Crippen LogP contribution is 2.36. The number of rotatable bonds is 5. The van der Waals surface area contributed by atoms with Crippen LogP contribution in [0.1, 0.15) is 11.1 Å². The first-order valence-corrected chi connectivity index (χ1v) is 10.4. The molecule has 1 saturated heterocycles. The van der Waals surface area contributed by atoms with Crippen molar-refractivity contribution >= 4 is 29.6 Å². The Hall–Kier alpha value is -3.44. The Morgan fingerprint density at radius 1 is 1.15 bits per heavy atom. The van der Waals surface area contributed by atoms with Gasteiger partial charge in [-0.05, 0) is 35.4 Å². The summed E-state index contributed by atoms with van der Waals surface area (Å²) < 4.78 is 58.6. The highest BCUT2D eigenvalue weighted by molar-refractivity contribution is 6.32. The third-order valence-corrected chi connectivity index (χ3v) is 5.31. The largest absolute Gasteiger partial charge is 0.506 e. The topological polar surface area (TPSA) is 82.9 Å². The molecular formula is C22H18ClF4N5O2. The van der Waals surface area contributed by atoms with E-state index in [9.17, 15) is 22.7 Å². The molecule has 1 aliphatic rings. The van der Waals surface area contributed by atoms with E-state index in [-0.39, 0.29) is 33.7 Å². The summed E-state index contributed by atoms with van der Waals surface area (Å²) in [6.45, 7) is 1.86. The zero-order valence-corrected chi connectivity index (χ0v) is 18.2. The van der Waals surface area contributed by atoms with Gasteiger partial charge in [0.25, 0.3) is 0 Å². The van der Waals surface area contributed by atoms with E-state index in [4.69, 9.17) is 16.3 Å². The maximum atomic E-state index is 14.2. The quantitative estimate of drug-likeness (QED) is 0.296. The monoisotopic (exact) mass is 495 g/mol. The van der Waals surface area contributed by atoms with Crippen molar-refractivity contribution in [1.82, 2.24) is 9.97 Å². The summed E-state index contributed by atoms with van der Waals surface area (Å²) in [5, 5.41) is 14.2. The molecule has 34 heavy (non-hydrogen) atoms. The van der Waals surface area contributed by atoms with Crippen molar-refractivity contribution in [3.63, 3.8) is 0 Å². The first-order chi connectivity index (χ1) is 16.2. The number of alkyl halides is 3. The number of aromatic nitrogens is 2. The van der Waals surface area contributed by atoms with Gasteiger partial charge in [0.1, 0.15) is 5.75 Å². The number of halogens is 5. The first-order valence-electron chi connectivity index (χ1n) is 10.1. The van der Waals surface area contributed by atoms with Crippen molar-refractivity contribution in [2.24, 2.45) is 5.10 Å². The van der Waals surface area contributed by atoms with E-state index in [1.165, 1.54) is 30.5 Å². The summed E-state index contributed by atoms with van der Waals surface area (Å²) >= 11 is 6.08. The van der Waals surface area contributed by atoms with Crippen LogP contribution >= 0.6 is 11.6 Å². The van der Waals surface area contributed by atoms with Gasteiger partial charge < -0.3 is 14.7 Å². The maximum absolute atomic E-state index is 14.2. The number of benzene rings is 2. The zero-order valence-electron chi connectivity index (χ0n) is 17.5. The Bertz CT molecular complexity index is 1220. The van der Waals surface area contributed by atoms with Gasteiger partial charge in [-0.15, -0.1) is 0 Å². The molecule has 1 fully saturated rings. The van der Waals surface area contributed by atoms with E-state index in [0.29, 0.717) is 31.9 Å². The molecule has 4 rings (SSSR count). The smallest absolute Gasteiger partial charge is 0.416 e. The van der Waals surface area contributed by atoms with Gasteiger partial charge in [0.2, 0.25) is 5.95 Å². The number of aromatic hydroxyl groups is 1. The molecule has 178 valence electrons. The number of ether oxygens (including phenoxy) is 1. The average Bonchev–Trinajstić information content (AvgIpc) is 2.83. The average molecular weight is 496 g/mol. The van der Waals surface area contributed by atoms with Crippen LogP contribution in [0.3, 0.4) is 0 Å². The summed E-state index contributed by atoms with van der Waals surface area (Å²) in [7, 11) is 0. The lowest BCUT2D eigenvalue weighted by molar-refractivity contribution is -0.137. The number of nitrogens with zero attached hydrogens (tertiary/aromatic N) is 4. The van der Waals surface area contributed by atoms with Crippen LogP contribution in [0.2, 0.25) is 5.02 Å². The van der Waals surface area contributed by atoms with Crippen molar-refractivity contribution in [2.45, 2.75) is 6.18 Å². The minimum Gasteiger partial charge on any atom is -0.506 e. The Morgan fingerprint density at radius 2 is 1.91 bits per heavy atom. The van der Waals surface area contributed by atoms with Gasteiger partial charge in [-0.25, -0.2) is 14.8 Å². The van der Waals surface area contributed by atoms with Crippen LogP contribution in [0, 0.1) is 5.82 Å². The van der Waals surface area contributed by atoms with Crippen molar-refractivity contribution in [1.29, 1.82) is 0 Å². The summed E-state index contributed by atoms with van der Waals surface area (Å²) in [5.74, 6) is -0.779. The molecule has 7 nitrogen and oxygen atoms in total. The molecule has 2 N–H and O–H groups in total. The SMILES string of the molecule is Oc1c(Cl)cc(-c2cccc(C(F)(F)F)c2)cc1/C=N\Nc1ncc(F)c(N2CCOCC2)n1. The molecule has 2 heterocycles. The molecule has 0 atom stereocenters. The van der Waals surface area contributed by atoms with Crippen LogP contribution in [0.5, 0.6) is 5.75 Å². The van der Waals surface area contributed by atoms with Gasteiger partial charge in [0.15, 0.2) is 11.6 Å². The lowest BCUT2D eigenvalue weighted by atomic mass is 10.0. The van der Waals surface area contributed by atoms with Gasteiger partial charge in [-0.2, -0.15) is 23.3 Å². The number of anilines is 2. The Balaban J connectivity index is 1.57. The van der Waals surface area contributed by atoms with Crippen molar-refractivity contribution < 1.29 is 27.4 Å². The maximum Gasteiger partial charge on any atom is 0.416 e. The van der Waals surface area contributed by atoms with Gasteiger partial charge in [-0.1, -0.05) is 23.7 Å². The Kier molecular flexibility index (Phi) is 6.85. The summed E-state index contributed by atoms with van der Waals surface area (Å²) in [5.41, 5.74) is 2.50. The van der Waals surface area contributed by atoms with Crippen LogP contribution in [0.25, 0.3) is 11.1 Å². The second-order valence-corrected chi connectivity index (χ2v) is 7.72. The van der Waals surface area contributed by atoms with E-state index in [0.717, 1.165) is 18.3 Å². The fourth-order valence-corrected chi connectivity index (χ4v) is 3.56. The number of hydrogen-bond acceptors (Lipinski definition) is 7. The third-order valence-electron chi connectivity index (χ3n) is 5.02. The number of phenolic OH excluding ortho intramolecular Hbond substituents is 1. The van der Waals surface area contributed by atoms with E-state index in [1.807, 2.05) is 0 Å². The molecule has 0 spiro atoms. The predicted molar refractivity (Wildman–Crippen MR) is 120 cm³/mol. The second-order valence-electron chi connectivity index (χ2n) is 7.31. The normalized spacial score (nSPS) is 14.6. The minimum atomic E-state index is -4.50. The van der Waals surface area contributed by atoms with Crippen LogP contribution in [0.4, 0.5) is 29.3 Å². The van der Waals surface area contributed by atoms with Crippen molar-refractivity contribution in [2.75, 3.05) is 36.6 Å². The number of nitrogens with one attached hydrogen (secondary N) is 1. The number of hydrogen-bond donors (Lipinski definition) is 2. The number of phenols is 1. The molecule has 0 unspecified atom stereocenters. The molecule has 1 aromatic heterocycles. The summed E-state index contributed by atoms with van der Waals surface area (Å²) in [6, 6.07) is 7.53. The molecule has 0 bridgehead atoms. The lowest BCUT2D eigenvalue weighted by Crippen LogP contribution is -2.37. The molecule has 12 heteroatoms. The van der Waals surface area contributed by atoms with Crippen molar-refractivity contribution in [3.05, 3.63) is 64.6 Å². The van der Waals surface area contributed by atoms with Crippen LogP contribution in [-0.4, -0.2) is 47.6 Å². The summed E-state index contributed by atoms with van der Waals surface area (Å²) in [4.78, 5) is 9.69. The van der Waals surface area contributed by atoms with Crippen LogP contribution in [-0.2, 0) is 10.9 Å². The number of hydrazone groups is 1. The van der Waals surface area contributed by atoms with Crippen LogP contribution in [0.15, 0.2) is 47.7 Å². The number of morpholine rings is 1. The molecule has 2 aromatic carbocycles. The molecule has 0 radical (unpaired) electrons. The zero-order chi connectivity index (χ0) is 24.3. The highest BCUT2D eigenvalue weighted by Gasteiger charge is 2.30. The molecule has 1 aliphatic heterocycles. The summed E-state index contributed by atoms with van der Waals surface area (Å²) in [6.07, 6.45) is -2.28. The molecular weight excluding hydrogens is 478 g/mol. The Labute approximate surface area is 196 Å².